The minimum atomic E-state index is -4.70. The maximum absolute atomic E-state index is 13.1. The van der Waals surface area contributed by atoms with E-state index < -0.39 is 43.0 Å². The van der Waals surface area contributed by atoms with Crippen molar-refractivity contribution >= 4 is 11.9 Å². The van der Waals surface area contributed by atoms with E-state index in [1.807, 2.05) is 0 Å². The summed E-state index contributed by atoms with van der Waals surface area (Å²) in [6.07, 6.45) is -2.77. The second kappa shape index (κ2) is 7.89. The van der Waals surface area contributed by atoms with E-state index in [1.54, 1.807) is 6.08 Å². The molecule has 0 aromatic heterocycles. The van der Waals surface area contributed by atoms with Crippen LogP contribution in [0.15, 0.2) is 24.8 Å². The average molecular weight is 387 g/mol. The number of hydrogen-bond donors (Lipinski definition) is 1. The molecule has 0 radical (unpaired) electrons. The molecule has 0 spiro atoms. The topological polar surface area (TPSA) is 76.1 Å². The van der Waals surface area contributed by atoms with Crippen LogP contribution in [-0.4, -0.2) is 55.4 Å². The second-order valence-electron chi connectivity index (χ2n) is 6.17. The molecule has 1 fully saturated rings. The molecule has 1 aromatic rings. The first-order valence-electron chi connectivity index (χ1n) is 8.08. The van der Waals surface area contributed by atoms with Crippen molar-refractivity contribution in [2.24, 2.45) is 11.8 Å². The molecule has 0 bridgehead atoms. The number of nitrogens with zero attached hydrogens (tertiary/aromatic N) is 1. The molecule has 9 heteroatoms. The lowest BCUT2D eigenvalue weighted by molar-refractivity contribution is -0.187. The molecule has 1 aliphatic heterocycles. The Kier molecular flexibility index (Phi) is 6.02. The lowest BCUT2D eigenvalue weighted by Crippen LogP contribution is -2.34. The Morgan fingerprint density at radius 2 is 1.96 bits per heavy atom. The zero-order chi connectivity index (χ0) is 20.4. The first-order chi connectivity index (χ1) is 12.6. The molecule has 0 aliphatic carbocycles. The third-order valence-corrected chi connectivity index (χ3v) is 4.51. The van der Waals surface area contributed by atoms with Gasteiger partial charge in [0.25, 0.3) is 5.91 Å². The normalized spacial score (nSPS) is 19.7. The van der Waals surface area contributed by atoms with Crippen molar-refractivity contribution in [3.63, 3.8) is 0 Å². The molecular weight excluding hydrogens is 367 g/mol. The van der Waals surface area contributed by atoms with Crippen molar-refractivity contribution in [2.75, 3.05) is 27.3 Å². The standard InChI is InChI=1S/C18H20F3NO5/c1-4-5-10-6-11(7-14(26-2)15(10)27-3)16(23)22-8-12(17(24)25)13(9-22)18(19,20)21/h4,6-7,12-13H,1,5,8-9H2,2-3H3,(H,24,25)/t12-,13-/m1/s1. The van der Waals surface area contributed by atoms with Gasteiger partial charge in [-0.3, -0.25) is 9.59 Å². The summed E-state index contributed by atoms with van der Waals surface area (Å²) in [4.78, 5) is 24.9. The fourth-order valence-electron chi connectivity index (χ4n) is 3.21. The number of carboxylic acids is 1. The number of ether oxygens (including phenoxy) is 2. The van der Waals surface area contributed by atoms with Gasteiger partial charge in [0.15, 0.2) is 11.5 Å². The number of aliphatic carboxylic acids is 1. The Balaban J connectivity index is 2.38. The fraction of sp³-hybridized carbons (Fsp3) is 0.444. The van der Waals surface area contributed by atoms with Gasteiger partial charge in [-0.25, -0.2) is 0 Å². The third-order valence-electron chi connectivity index (χ3n) is 4.51. The Morgan fingerprint density at radius 3 is 2.41 bits per heavy atom. The van der Waals surface area contributed by atoms with Crippen LogP contribution < -0.4 is 9.47 Å². The van der Waals surface area contributed by atoms with Crippen LogP contribution in [0.2, 0.25) is 0 Å². The monoisotopic (exact) mass is 387 g/mol. The summed E-state index contributed by atoms with van der Waals surface area (Å²) in [7, 11) is 2.80. The van der Waals surface area contributed by atoms with Crippen LogP contribution in [0, 0.1) is 11.8 Å². The van der Waals surface area contributed by atoms with Crippen LogP contribution in [0.1, 0.15) is 15.9 Å². The van der Waals surface area contributed by atoms with Crippen LogP contribution in [0.3, 0.4) is 0 Å². The van der Waals surface area contributed by atoms with Crippen LogP contribution >= 0.6 is 0 Å². The van der Waals surface area contributed by atoms with E-state index in [0.717, 1.165) is 4.90 Å². The van der Waals surface area contributed by atoms with Crippen LogP contribution in [0.4, 0.5) is 13.2 Å². The quantitative estimate of drug-likeness (QED) is 0.760. The van der Waals surface area contributed by atoms with E-state index in [4.69, 9.17) is 14.6 Å². The summed E-state index contributed by atoms with van der Waals surface area (Å²) in [6.45, 7) is 2.41. The van der Waals surface area contributed by atoms with E-state index in [1.165, 1.54) is 26.4 Å². The van der Waals surface area contributed by atoms with E-state index >= 15 is 0 Å². The van der Waals surface area contributed by atoms with Gasteiger partial charge in [0.05, 0.1) is 26.1 Å². The van der Waals surface area contributed by atoms with E-state index in [2.05, 4.69) is 6.58 Å². The van der Waals surface area contributed by atoms with Gasteiger partial charge < -0.3 is 19.5 Å². The highest BCUT2D eigenvalue weighted by Gasteiger charge is 2.53. The zero-order valence-corrected chi connectivity index (χ0v) is 14.9. The van der Waals surface area contributed by atoms with Gasteiger partial charge in [-0.2, -0.15) is 13.2 Å². The Bertz CT molecular complexity index is 747. The lowest BCUT2D eigenvalue weighted by Gasteiger charge is -2.20. The fourth-order valence-corrected chi connectivity index (χ4v) is 3.21. The molecule has 1 aliphatic rings. The number of likely N-dealkylation sites (tertiary alicyclic amines) is 1. The maximum Gasteiger partial charge on any atom is 0.394 e. The van der Waals surface area contributed by atoms with Gasteiger partial charge in [-0.15, -0.1) is 6.58 Å². The first kappa shape index (κ1) is 20.6. The number of benzene rings is 1. The highest BCUT2D eigenvalue weighted by Crippen LogP contribution is 2.39. The SMILES string of the molecule is C=CCc1cc(C(=O)N2C[C@@H](C(F)(F)F)[C@H](C(=O)O)C2)cc(OC)c1OC. The molecule has 1 heterocycles. The van der Waals surface area contributed by atoms with Gasteiger partial charge in [0.2, 0.25) is 0 Å². The lowest BCUT2D eigenvalue weighted by atomic mass is 9.96. The average Bonchev–Trinajstić information content (AvgIpc) is 3.06. The second-order valence-corrected chi connectivity index (χ2v) is 6.17. The maximum atomic E-state index is 13.1. The van der Waals surface area contributed by atoms with Gasteiger partial charge in [-0.05, 0) is 18.6 Å². The largest absolute Gasteiger partial charge is 0.493 e. The predicted octanol–water partition coefficient (Wildman–Crippen LogP) is 2.77. The summed E-state index contributed by atoms with van der Waals surface area (Å²) in [5, 5.41) is 9.10. The minimum Gasteiger partial charge on any atom is -0.493 e. The molecule has 0 saturated carbocycles. The number of carbonyl (C=O) groups excluding carboxylic acids is 1. The molecule has 2 rings (SSSR count). The number of halogens is 3. The smallest absolute Gasteiger partial charge is 0.394 e. The predicted molar refractivity (Wildman–Crippen MR) is 90.0 cm³/mol. The van der Waals surface area contributed by atoms with Gasteiger partial charge in [0, 0.05) is 24.2 Å². The summed E-state index contributed by atoms with van der Waals surface area (Å²) < 4.78 is 49.9. The third kappa shape index (κ3) is 4.17. The van der Waals surface area contributed by atoms with Crippen molar-refractivity contribution in [3.8, 4) is 11.5 Å². The molecule has 1 amide bonds. The molecule has 2 atom stereocenters. The van der Waals surface area contributed by atoms with E-state index in [0.29, 0.717) is 17.7 Å². The van der Waals surface area contributed by atoms with Gasteiger partial charge in [0.1, 0.15) is 0 Å². The summed E-state index contributed by atoms with van der Waals surface area (Å²) >= 11 is 0. The number of carbonyl (C=O) groups is 2. The Morgan fingerprint density at radius 1 is 1.30 bits per heavy atom. The van der Waals surface area contributed by atoms with Crippen molar-refractivity contribution < 1.29 is 37.3 Å². The van der Waals surface area contributed by atoms with Crippen LogP contribution in [-0.2, 0) is 11.2 Å². The number of rotatable bonds is 6. The van der Waals surface area contributed by atoms with Crippen LogP contribution in [0.5, 0.6) is 11.5 Å². The van der Waals surface area contributed by atoms with Gasteiger partial charge >= 0.3 is 12.1 Å². The van der Waals surface area contributed by atoms with Crippen molar-refractivity contribution in [3.05, 3.63) is 35.9 Å². The van der Waals surface area contributed by atoms with E-state index in [9.17, 15) is 22.8 Å². The molecule has 1 aromatic carbocycles. The summed E-state index contributed by atoms with van der Waals surface area (Å²) in [5.41, 5.74) is 0.674. The molecular formula is C18H20F3NO5. The zero-order valence-electron chi connectivity index (χ0n) is 14.9. The molecule has 1 saturated heterocycles. The van der Waals surface area contributed by atoms with Crippen molar-refractivity contribution in [2.45, 2.75) is 12.6 Å². The van der Waals surface area contributed by atoms with Crippen molar-refractivity contribution in [1.29, 1.82) is 0 Å². The Labute approximate surface area is 154 Å². The van der Waals surface area contributed by atoms with Crippen molar-refractivity contribution in [1.82, 2.24) is 4.90 Å². The minimum absolute atomic E-state index is 0.0939. The van der Waals surface area contributed by atoms with Gasteiger partial charge in [-0.1, -0.05) is 6.08 Å². The number of carboxylic acid groups (broad SMARTS) is 1. The van der Waals surface area contributed by atoms with E-state index in [-0.39, 0.29) is 11.3 Å². The molecule has 0 unspecified atom stereocenters. The molecule has 27 heavy (non-hydrogen) atoms. The number of allylic oxidation sites excluding steroid dienone is 1. The highest BCUT2D eigenvalue weighted by atomic mass is 19.4. The summed E-state index contributed by atoms with van der Waals surface area (Å²) in [6, 6.07) is 2.85. The molecule has 148 valence electrons. The first-order valence-corrected chi connectivity index (χ1v) is 8.08. The number of amides is 1. The molecule has 1 N–H and O–H groups in total. The van der Waals surface area contributed by atoms with Crippen LogP contribution in [0.25, 0.3) is 0 Å². The molecule has 6 nitrogen and oxygen atoms in total. The Hall–Kier alpha value is -2.71. The summed E-state index contributed by atoms with van der Waals surface area (Å²) in [5.74, 6) is -5.42. The number of methoxy groups -OCH3 is 2. The number of alkyl halides is 3. The number of hydrogen-bond acceptors (Lipinski definition) is 4. The highest BCUT2D eigenvalue weighted by molar-refractivity contribution is 5.96.